The van der Waals surface area contributed by atoms with E-state index in [1.54, 1.807) is 24.4 Å². The van der Waals surface area contributed by atoms with Gasteiger partial charge in [0.2, 0.25) is 0 Å². The van der Waals surface area contributed by atoms with E-state index in [4.69, 9.17) is 0 Å². The molecule has 2 aromatic carbocycles. The molecule has 0 saturated heterocycles. The van der Waals surface area contributed by atoms with Crippen LogP contribution in [0.25, 0.3) is 5.69 Å². The van der Waals surface area contributed by atoms with Crippen molar-refractivity contribution < 1.29 is 9.90 Å². The first-order valence-corrected chi connectivity index (χ1v) is 8.76. The predicted octanol–water partition coefficient (Wildman–Crippen LogP) is 4.18. The highest BCUT2D eigenvalue weighted by Crippen LogP contribution is 2.23. The highest BCUT2D eigenvalue weighted by molar-refractivity contribution is 5.97. The van der Waals surface area contributed by atoms with Crippen molar-refractivity contribution in [1.82, 2.24) is 9.99 Å². The summed E-state index contributed by atoms with van der Waals surface area (Å²) in [5.41, 5.74) is 9.27. The highest BCUT2D eigenvalue weighted by atomic mass is 16.3. The van der Waals surface area contributed by atoms with Gasteiger partial charge in [-0.15, -0.1) is 0 Å². The van der Waals surface area contributed by atoms with Gasteiger partial charge in [0.15, 0.2) is 0 Å². The van der Waals surface area contributed by atoms with E-state index < -0.39 is 5.91 Å². The molecule has 0 saturated carbocycles. The standard InChI is InChI=1S/C22H23N3O2/c1-14-9-10-20(15(2)11-14)25-16(3)12-18(17(25)4)13-23-24-22(27)19-7-5-6-8-21(19)26/h5-13,26H,1-4H3,(H,24,27)/b23-13+. The van der Waals surface area contributed by atoms with E-state index >= 15 is 0 Å². The summed E-state index contributed by atoms with van der Waals surface area (Å²) in [5.74, 6) is -0.522. The average molecular weight is 361 g/mol. The number of para-hydroxylation sites is 1. The van der Waals surface area contributed by atoms with Crippen molar-refractivity contribution in [2.75, 3.05) is 0 Å². The lowest BCUT2D eigenvalue weighted by Gasteiger charge is -2.13. The van der Waals surface area contributed by atoms with Gasteiger partial charge in [-0.05, 0) is 57.5 Å². The van der Waals surface area contributed by atoms with Crippen LogP contribution in [0.5, 0.6) is 5.75 Å². The predicted molar refractivity (Wildman–Crippen MR) is 108 cm³/mol. The third kappa shape index (κ3) is 3.77. The van der Waals surface area contributed by atoms with Gasteiger partial charge in [0.25, 0.3) is 5.91 Å². The summed E-state index contributed by atoms with van der Waals surface area (Å²) >= 11 is 0. The first-order valence-electron chi connectivity index (χ1n) is 8.76. The van der Waals surface area contributed by atoms with Gasteiger partial charge >= 0.3 is 0 Å². The number of rotatable bonds is 4. The number of hydrazone groups is 1. The molecular formula is C22H23N3O2. The second-order valence-electron chi connectivity index (χ2n) is 6.67. The number of phenolic OH excluding ortho intramolecular Hbond substituents is 1. The van der Waals surface area contributed by atoms with Gasteiger partial charge in [-0.2, -0.15) is 5.10 Å². The van der Waals surface area contributed by atoms with Crippen molar-refractivity contribution in [2.24, 2.45) is 5.10 Å². The van der Waals surface area contributed by atoms with Crippen LogP contribution in [0.2, 0.25) is 0 Å². The lowest BCUT2D eigenvalue weighted by molar-refractivity contribution is 0.0952. The number of nitrogens with zero attached hydrogens (tertiary/aromatic N) is 2. The van der Waals surface area contributed by atoms with E-state index in [2.05, 4.69) is 47.1 Å². The van der Waals surface area contributed by atoms with Crippen molar-refractivity contribution in [3.63, 3.8) is 0 Å². The first-order chi connectivity index (χ1) is 12.9. The molecule has 138 valence electrons. The van der Waals surface area contributed by atoms with Crippen molar-refractivity contribution in [2.45, 2.75) is 27.7 Å². The summed E-state index contributed by atoms with van der Waals surface area (Å²) in [7, 11) is 0. The maximum Gasteiger partial charge on any atom is 0.275 e. The third-order valence-electron chi connectivity index (χ3n) is 4.58. The molecule has 0 aliphatic carbocycles. The van der Waals surface area contributed by atoms with Gasteiger partial charge in [0, 0.05) is 22.6 Å². The molecule has 1 amide bonds. The minimum atomic E-state index is -0.451. The highest BCUT2D eigenvalue weighted by Gasteiger charge is 2.12. The smallest absolute Gasteiger partial charge is 0.275 e. The van der Waals surface area contributed by atoms with Gasteiger partial charge in [-0.25, -0.2) is 5.43 Å². The second kappa shape index (κ2) is 7.50. The molecule has 0 aliphatic heterocycles. The lowest BCUT2D eigenvalue weighted by Crippen LogP contribution is -2.17. The lowest BCUT2D eigenvalue weighted by atomic mass is 10.1. The van der Waals surface area contributed by atoms with E-state index in [1.807, 2.05) is 19.9 Å². The zero-order valence-corrected chi connectivity index (χ0v) is 15.9. The Morgan fingerprint density at radius 1 is 1.07 bits per heavy atom. The molecule has 1 heterocycles. The topological polar surface area (TPSA) is 66.6 Å². The number of nitrogens with one attached hydrogen (secondary N) is 1. The number of aromatic hydroxyl groups is 1. The number of amides is 1. The number of benzene rings is 2. The largest absolute Gasteiger partial charge is 0.507 e. The minimum Gasteiger partial charge on any atom is -0.507 e. The third-order valence-corrected chi connectivity index (χ3v) is 4.58. The number of aromatic nitrogens is 1. The summed E-state index contributed by atoms with van der Waals surface area (Å²) in [4.78, 5) is 12.1. The minimum absolute atomic E-state index is 0.0711. The summed E-state index contributed by atoms with van der Waals surface area (Å²) < 4.78 is 2.18. The van der Waals surface area contributed by atoms with Gasteiger partial charge in [-0.3, -0.25) is 4.79 Å². The van der Waals surface area contributed by atoms with Gasteiger partial charge in [-0.1, -0.05) is 29.8 Å². The Bertz CT molecular complexity index is 1030. The molecule has 0 fully saturated rings. The monoisotopic (exact) mass is 361 g/mol. The van der Waals surface area contributed by atoms with Crippen LogP contribution in [0, 0.1) is 27.7 Å². The van der Waals surface area contributed by atoms with Gasteiger partial charge < -0.3 is 9.67 Å². The first kappa shape index (κ1) is 18.5. The molecule has 0 radical (unpaired) electrons. The Morgan fingerprint density at radius 3 is 2.52 bits per heavy atom. The number of phenols is 1. The van der Waals surface area contributed by atoms with Crippen LogP contribution in [0.3, 0.4) is 0 Å². The fraction of sp³-hybridized carbons (Fsp3) is 0.182. The quantitative estimate of drug-likeness (QED) is 0.541. The molecule has 2 N–H and O–H groups in total. The van der Waals surface area contributed by atoms with Crippen LogP contribution in [0.15, 0.2) is 53.6 Å². The molecule has 0 spiro atoms. The summed E-state index contributed by atoms with van der Waals surface area (Å²) in [6, 6.07) is 14.8. The fourth-order valence-corrected chi connectivity index (χ4v) is 3.23. The molecule has 5 nitrogen and oxygen atoms in total. The molecule has 5 heteroatoms. The average Bonchev–Trinajstić information content (AvgIpc) is 2.89. The Balaban J connectivity index is 1.83. The van der Waals surface area contributed by atoms with E-state index in [9.17, 15) is 9.90 Å². The van der Waals surface area contributed by atoms with Crippen LogP contribution in [-0.4, -0.2) is 21.8 Å². The Kier molecular flexibility index (Phi) is 5.12. The SMILES string of the molecule is Cc1ccc(-n2c(C)cc(/C=N/NC(=O)c3ccccc3O)c2C)c(C)c1. The van der Waals surface area contributed by atoms with Gasteiger partial charge in [0.05, 0.1) is 11.8 Å². The zero-order valence-electron chi connectivity index (χ0n) is 15.9. The van der Waals surface area contributed by atoms with Crippen molar-refractivity contribution in [3.05, 3.63) is 82.2 Å². The molecular weight excluding hydrogens is 338 g/mol. The normalized spacial score (nSPS) is 11.1. The summed E-state index contributed by atoms with van der Waals surface area (Å²) in [6.07, 6.45) is 1.63. The van der Waals surface area contributed by atoms with Crippen molar-refractivity contribution in [3.8, 4) is 11.4 Å². The molecule has 0 aliphatic rings. The molecule has 1 aromatic heterocycles. The summed E-state index contributed by atoms with van der Waals surface area (Å²) in [5, 5.41) is 13.8. The van der Waals surface area contributed by atoms with E-state index in [-0.39, 0.29) is 11.3 Å². The maximum absolute atomic E-state index is 12.1. The molecule has 3 aromatic rings. The molecule has 27 heavy (non-hydrogen) atoms. The number of hydrogen-bond acceptors (Lipinski definition) is 3. The maximum atomic E-state index is 12.1. The number of carbonyl (C=O) groups is 1. The molecule has 3 rings (SSSR count). The van der Waals surface area contributed by atoms with E-state index in [1.165, 1.54) is 17.2 Å². The molecule has 0 atom stereocenters. The number of carbonyl (C=O) groups excluding carboxylic acids is 1. The fourth-order valence-electron chi connectivity index (χ4n) is 3.23. The summed E-state index contributed by atoms with van der Waals surface area (Å²) in [6.45, 7) is 8.25. The Morgan fingerprint density at radius 2 is 1.81 bits per heavy atom. The van der Waals surface area contributed by atoms with Crippen LogP contribution in [0.4, 0.5) is 0 Å². The van der Waals surface area contributed by atoms with Gasteiger partial charge in [0.1, 0.15) is 5.75 Å². The van der Waals surface area contributed by atoms with Crippen LogP contribution >= 0.6 is 0 Å². The van der Waals surface area contributed by atoms with Crippen LogP contribution in [-0.2, 0) is 0 Å². The van der Waals surface area contributed by atoms with Crippen molar-refractivity contribution >= 4 is 12.1 Å². The molecule has 0 unspecified atom stereocenters. The van der Waals surface area contributed by atoms with E-state index in [0.717, 1.165) is 22.6 Å². The van der Waals surface area contributed by atoms with Crippen LogP contribution < -0.4 is 5.43 Å². The molecule has 0 bridgehead atoms. The van der Waals surface area contributed by atoms with E-state index in [0.29, 0.717) is 0 Å². The Hall–Kier alpha value is -3.34. The number of hydrogen-bond donors (Lipinski definition) is 2. The number of aryl methyl sites for hydroxylation is 3. The second-order valence-corrected chi connectivity index (χ2v) is 6.67. The van der Waals surface area contributed by atoms with Crippen molar-refractivity contribution in [1.29, 1.82) is 0 Å². The zero-order chi connectivity index (χ0) is 19.6. The Labute approximate surface area is 159 Å². The van der Waals surface area contributed by atoms with Crippen LogP contribution in [0.1, 0.15) is 38.4 Å².